The molecule has 0 saturated carbocycles. The molecule has 0 fully saturated rings. The molecule has 4 heterocycles. The van der Waals surface area contributed by atoms with Crippen LogP contribution in [0.15, 0.2) is 163 Å². The van der Waals surface area contributed by atoms with Crippen molar-refractivity contribution in [1.82, 2.24) is 0 Å². The van der Waals surface area contributed by atoms with Crippen molar-refractivity contribution in [2.75, 3.05) is 0 Å². The van der Waals surface area contributed by atoms with Gasteiger partial charge in [0.1, 0.15) is 39.1 Å². The summed E-state index contributed by atoms with van der Waals surface area (Å²) in [6, 6.07) is 48.4. The molecule has 0 atom stereocenters. The van der Waals surface area contributed by atoms with E-state index in [2.05, 4.69) is 97.1 Å². The second kappa shape index (κ2) is 9.43. The fourth-order valence-corrected chi connectivity index (χ4v) is 8.53. The maximum atomic E-state index is 6.84. The molecule has 4 nitrogen and oxygen atoms in total. The molecule has 12 aromatic rings. The van der Waals surface area contributed by atoms with Crippen LogP contribution in [0, 0.1) is 0 Å². The number of para-hydroxylation sites is 3. The first-order chi connectivity index (χ1) is 24.8. The van der Waals surface area contributed by atoms with Crippen LogP contribution in [-0.2, 0) is 0 Å². The Kier molecular flexibility index (Phi) is 4.94. The van der Waals surface area contributed by atoms with E-state index in [-0.39, 0.29) is 0 Å². The van der Waals surface area contributed by atoms with Crippen molar-refractivity contribution < 1.29 is 17.7 Å². The summed E-state index contributed by atoms with van der Waals surface area (Å²) in [5.74, 6) is 0. The van der Waals surface area contributed by atoms with Crippen molar-refractivity contribution in [2.24, 2.45) is 0 Å². The first-order valence-electron chi connectivity index (χ1n) is 16.8. The Bertz CT molecular complexity index is 3330. The Morgan fingerprint density at radius 1 is 0.300 bits per heavy atom. The highest BCUT2D eigenvalue weighted by molar-refractivity contribution is 6.33. The molecule has 8 aromatic carbocycles. The fraction of sp³-hybridized carbons (Fsp3) is 0. The number of furan rings is 4. The van der Waals surface area contributed by atoms with Crippen molar-refractivity contribution in [3.63, 3.8) is 0 Å². The molecule has 0 aliphatic carbocycles. The van der Waals surface area contributed by atoms with Crippen LogP contribution in [0.4, 0.5) is 0 Å². The number of hydrogen-bond acceptors (Lipinski definition) is 4. The summed E-state index contributed by atoms with van der Waals surface area (Å²) in [5.41, 5.74) is 10.2. The largest absolute Gasteiger partial charge is 0.464 e. The third-order valence-electron chi connectivity index (χ3n) is 10.5. The minimum absolute atomic E-state index is 0.829. The molecule has 0 aliphatic rings. The quantitative estimate of drug-likeness (QED) is 0.176. The summed E-state index contributed by atoms with van der Waals surface area (Å²) in [4.78, 5) is 0. The standard InChI is InChI=1S/C46H24O4/c1-3-13-27-25(11-1)40(32-23-39-43(30-16-6-9-19-35(30)49-39)45-31-17-7-10-20-36(31)50-46(32)45)26-12-2-4-14-28(26)41(27)33-24-47-37-21-22-38-42(44(33)37)29-15-5-8-18-34(29)48-38/h1-24H. The Balaban J connectivity index is 1.27. The maximum Gasteiger partial charge on any atom is 0.144 e. The van der Waals surface area contributed by atoms with Gasteiger partial charge in [-0.2, -0.15) is 0 Å². The van der Waals surface area contributed by atoms with Gasteiger partial charge in [-0.25, -0.2) is 0 Å². The summed E-state index contributed by atoms with van der Waals surface area (Å²) < 4.78 is 26.1. The van der Waals surface area contributed by atoms with Gasteiger partial charge in [0, 0.05) is 60.0 Å². The van der Waals surface area contributed by atoms with Crippen LogP contribution in [0.5, 0.6) is 0 Å². The normalized spacial score (nSPS) is 12.4. The van der Waals surface area contributed by atoms with Crippen LogP contribution in [-0.4, -0.2) is 0 Å². The van der Waals surface area contributed by atoms with E-state index in [1.54, 1.807) is 0 Å². The molecule has 0 aliphatic heterocycles. The zero-order valence-corrected chi connectivity index (χ0v) is 26.5. The van der Waals surface area contributed by atoms with Crippen LogP contribution in [0.1, 0.15) is 0 Å². The van der Waals surface area contributed by atoms with Gasteiger partial charge in [0.15, 0.2) is 0 Å². The number of rotatable bonds is 2. The van der Waals surface area contributed by atoms with Gasteiger partial charge >= 0.3 is 0 Å². The molecule has 0 saturated heterocycles. The van der Waals surface area contributed by atoms with E-state index >= 15 is 0 Å². The molecular formula is C46H24O4. The number of benzene rings is 8. The molecule has 0 N–H and O–H groups in total. The van der Waals surface area contributed by atoms with E-state index in [4.69, 9.17) is 17.7 Å². The van der Waals surface area contributed by atoms with E-state index in [0.717, 1.165) is 121 Å². The molecular weight excluding hydrogens is 617 g/mol. The molecule has 12 rings (SSSR count). The summed E-state index contributed by atoms with van der Waals surface area (Å²) in [6.45, 7) is 0. The van der Waals surface area contributed by atoms with Gasteiger partial charge in [0.2, 0.25) is 0 Å². The average molecular weight is 641 g/mol. The fourth-order valence-electron chi connectivity index (χ4n) is 8.53. The molecule has 0 radical (unpaired) electrons. The third kappa shape index (κ3) is 3.30. The van der Waals surface area contributed by atoms with E-state index in [9.17, 15) is 0 Å². The highest BCUT2D eigenvalue weighted by Crippen LogP contribution is 2.51. The van der Waals surface area contributed by atoms with Crippen molar-refractivity contribution in [1.29, 1.82) is 0 Å². The topological polar surface area (TPSA) is 52.6 Å². The predicted molar refractivity (Wildman–Crippen MR) is 204 cm³/mol. The summed E-state index contributed by atoms with van der Waals surface area (Å²) >= 11 is 0. The lowest BCUT2D eigenvalue weighted by Gasteiger charge is -2.17. The Hall–Kier alpha value is -6.78. The van der Waals surface area contributed by atoms with E-state index in [1.165, 1.54) is 0 Å². The molecule has 50 heavy (non-hydrogen) atoms. The second-order valence-electron chi connectivity index (χ2n) is 13.1. The van der Waals surface area contributed by atoms with Crippen molar-refractivity contribution >= 4 is 98.3 Å². The second-order valence-corrected chi connectivity index (χ2v) is 13.1. The highest BCUT2D eigenvalue weighted by atomic mass is 16.3. The smallest absolute Gasteiger partial charge is 0.144 e. The number of fused-ring (bicyclic) bond motifs is 14. The SMILES string of the molecule is c1ccc2c(c1)oc1ccc3occ(-c4c5ccccc5c(-c5cc6oc7ccccc7c6c6c5oc5ccccc56)c5ccccc45)c3c12. The Labute approximate surface area is 283 Å². The minimum Gasteiger partial charge on any atom is -0.464 e. The zero-order valence-electron chi connectivity index (χ0n) is 26.5. The van der Waals surface area contributed by atoms with E-state index < -0.39 is 0 Å². The average Bonchev–Trinajstić information content (AvgIpc) is 3.94. The van der Waals surface area contributed by atoms with Gasteiger partial charge in [-0.05, 0) is 57.9 Å². The zero-order chi connectivity index (χ0) is 32.5. The van der Waals surface area contributed by atoms with Crippen molar-refractivity contribution in [3.8, 4) is 22.3 Å². The molecule has 0 amide bonds. The van der Waals surface area contributed by atoms with Crippen molar-refractivity contribution in [3.05, 3.63) is 146 Å². The molecule has 0 unspecified atom stereocenters. The Morgan fingerprint density at radius 2 is 0.740 bits per heavy atom. The maximum absolute atomic E-state index is 6.84. The van der Waals surface area contributed by atoms with Gasteiger partial charge in [-0.15, -0.1) is 0 Å². The Morgan fingerprint density at radius 3 is 1.34 bits per heavy atom. The lowest BCUT2D eigenvalue weighted by atomic mass is 9.85. The molecule has 4 aromatic heterocycles. The molecule has 0 bridgehead atoms. The minimum atomic E-state index is 0.829. The van der Waals surface area contributed by atoms with Crippen LogP contribution in [0.25, 0.3) is 121 Å². The first-order valence-corrected chi connectivity index (χ1v) is 16.8. The van der Waals surface area contributed by atoms with E-state index in [0.29, 0.717) is 0 Å². The summed E-state index contributed by atoms with van der Waals surface area (Å²) in [6.07, 6.45) is 1.91. The van der Waals surface area contributed by atoms with Crippen LogP contribution >= 0.6 is 0 Å². The van der Waals surface area contributed by atoms with Gasteiger partial charge in [-0.1, -0.05) is 103 Å². The van der Waals surface area contributed by atoms with Crippen LogP contribution < -0.4 is 0 Å². The van der Waals surface area contributed by atoms with Crippen LogP contribution in [0.2, 0.25) is 0 Å². The van der Waals surface area contributed by atoms with E-state index in [1.807, 2.05) is 48.7 Å². The van der Waals surface area contributed by atoms with Gasteiger partial charge in [0.05, 0.1) is 6.26 Å². The third-order valence-corrected chi connectivity index (χ3v) is 10.5. The molecule has 4 heteroatoms. The monoisotopic (exact) mass is 640 g/mol. The number of hydrogen-bond donors (Lipinski definition) is 0. The molecule has 232 valence electrons. The predicted octanol–water partition coefficient (Wildman–Crippen LogP) is 13.8. The molecule has 0 spiro atoms. The lowest BCUT2D eigenvalue weighted by molar-refractivity contribution is 0.616. The first kappa shape index (κ1) is 26.2. The summed E-state index contributed by atoms with van der Waals surface area (Å²) in [5, 5.41) is 12.0. The lowest BCUT2D eigenvalue weighted by Crippen LogP contribution is -1.91. The summed E-state index contributed by atoms with van der Waals surface area (Å²) in [7, 11) is 0. The highest BCUT2D eigenvalue weighted by Gasteiger charge is 2.26. The van der Waals surface area contributed by atoms with Gasteiger partial charge in [-0.3, -0.25) is 0 Å². The van der Waals surface area contributed by atoms with Gasteiger partial charge in [0.25, 0.3) is 0 Å². The van der Waals surface area contributed by atoms with Crippen molar-refractivity contribution in [2.45, 2.75) is 0 Å². The van der Waals surface area contributed by atoms with Gasteiger partial charge < -0.3 is 17.7 Å². The van der Waals surface area contributed by atoms with Crippen LogP contribution in [0.3, 0.4) is 0 Å².